The van der Waals surface area contributed by atoms with Crippen LogP contribution in [-0.4, -0.2) is 6.04 Å². The van der Waals surface area contributed by atoms with Gasteiger partial charge < -0.3 is 5.73 Å². The molecule has 0 aliphatic heterocycles. The molecule has 18 heavy (non-hydrogen) atoms. The Balaban J connectivity index is 1.80. The molecular weight excluding hydrogens is 218 g/mol. The van der Waals surface area contributed by atoms with Crippen LogP contribution in [0.3, 0.4) is 0 Å². The Hall–Kier alpha value is -1.08. The average molecular weight is 241 g/mol. The molecule has 0 spiro atoms. The predicted molar refractivity (Wildman–Crippen MR) is 76.6 cm³/mol. The fourth-order valence-electron chi connectivity index (χ4n) is 3.43. The smallest absolute Gasteiger partial charge is 0.00449 e. The lowest BCUT2D eigenvalue weighted by atomic mass is 9.80. The van der Waals surface area contributed by atoms with Gasteiger partial charge in [0.2, 0.25) is 0 Å². The van der Waals surface area contributed by atoms with Crippen LogP contribution in [0, 0.1) is 0 Å². The molecule has 0 radical (unpaired) electrons. The molecule has 1 fully saturated rings. The molecule has 1 aromatic rings. The van der Waals surface area contributed by atoms with Crippen LogP contribution in [0.25, 0.3) is 0 Å². The summed E-state index contributed by atoms with van der Waals surface area (Å²) < 4.78 is 0. The van der Waals surface area contributed by atoms with E-state index in [-0.39, 0.29) is 0 Å². The normalized spacial score (nSPS) is 27.7. The van der Waals surface area contributed by atoms with Crippen LogP contribution >= 0.6 is 0 Å². The molecule has 2 aliphatic carbocycles. The van der Waals surface area contributed by atoms with Gasteiger partial charge in [-0.15, -0.1) is 0 Å². The van der Waals surface area contributed by atoms with Gasteiger partial charge in [0.15, 0.2) is 0 Å². The van der Waals surface area contributed by atoms with Gasteiger partial charge in [-0.2, -0.15) is 0 Å². The van der Waals surface area contributed by atoms with Crippen molar-refractivity contribution in [3.8, 4) is 0 Å². The van der Waals surface area contributed by atoms with E-state index in [1.54, 1.807) is 16.7 Å². The predicted octanol–water partition coefficient (Wildman–Crippen LogP) is 3.93. The quantitative estimate of drug-likeness (QED) is 0.741. The van der Waals surface area contributed by atoms with Crippen LogP contribution in [0.15, 0.2) is 35.9 Å². The molecular formula is C17H23N. The summed E-state index contributed by atoms with van der Waals surface area (Å²) in [7, 11) is 0. The van der Waals surface area contributed by atoms with Gasteiger partial charge in [-0.25, -0.2) is 0 Å². The number of nitrogens with two attached hydrogens (primary N) is 1. The van der Waals surface area contributed by atoms with Gasteiger partial charge in [-0.05, 0) is 56.1 Å². The van der Waals surface area contributed by atoms with Gasteiger partial charge >= 0.3 is 0 Å². The van der Waals surface area contributed by atoms with E-state index in [9.17, 15) is 0 Å². The highest BCUT2D eigenvalue weighted by molar-refractivity contribution is 5.36. The van der Waals surface area contributed by atoms with Crippen LogP contribution < -0.4 is 5.73 Å². The Bertz CT molecular complexity index is 437. The first-order valence-corrected chi connectivity index (χ1v) is 7.36. The minimum absolute atomic E-state index is 0.445. The highest BCUT2D eigenvalue weighted by atomic mass is 14.6. The van der Waals surface area contributed by atoms with E-state index >= 15 is 0 Å². The summed E-state index contributed by atoms with van der Waals surface area (Å²) in [6.45, 7) is 0. The molecule has 0 amide bonds. The third-order valence-corrected chi connectivity index (χ3v) is 4.53. The van der Waals surface area contributed by atoms with E-state index in [2.05, 4.69) is 30.3 Å². The molecule has 96 valence electrons. The van der Waals surface area contributed by atoms with Gasteiger partial charge in [0.05, 0.1) is 0 Å². The third-order valence-electron chi connectivity index (χ3n) is 4.53. The molecule has 1 nitrogen and oxygen atoms in total. The van der Waals surface area contributed by atoms with Crippen molar-refractivity contribution in [1.29, 1.82) is 0 Å². The van der Waals surface area contributed by atoms with Gasteiger partial charge in [0.25, 0.3) is 0 Å². The number of allylic oxidation sites excluding steroid dienone is 2. The first-order valence-electron chi connectivity index (χ1n) is 7.36. The summed E-state index contributed by atoms with van der Waals surface area (Å²) in [5, 5.41) is 0. The molecule has 0 bridgehead atoms. The lowest BCUT2D eigenvalue weighted by molar-refractivity contribution is 0.506. The SMILES string of the molecule is NC1CCC(=CC2CCCc3ccccc32)CC1. The maximum absolute atomic E-state index is 5.98. The fourth-order valence-corrected chi connectivity index (χ4v) is 3.43. The van der Waals surface area contributed by atoms with Crippen LogP contribution in [0.1, 0.15) is 55.6 Å². The zero-order chi connectivity index (χ0) is 12.4. The number of hydrogen-bond acceptors (Lipinski definition) is 1. The van der Waals surface area contributed by atoms with Gasteiger partial charge in [-0.3, -0.25) is 0 Å². The van der Waals surface area contributed by atoms with Crippen LogP contribution in [0.2, 0.25) is 0 Å². The van der Waals surface area contributed by atoms with Crippen LogP contribution in [0.5, 0.6) is 0 Å². The summed E-state index contributed by atoms with van der Waals surface area (Å²) in [5.74, 6) is 0.666. The second-order valence-corrected chi connectivity index (χ2v) is 5.86. The van der Waals surface area contributed by atoms with Gasteiger partial charge in [0.1, 0.15) is 0 Å². The Kier molecular flexibility index (Phi) is 3.51. The maximum Gasteiger partial charge on any atom is 0.00449 e. The van der Waals surface area contributed by atoms with E-state index in [0.717, 1.165) is 0 Å². The molecule has 2 aliphatic rings. The van der Waals surface area contributed by atoms with Crippen LogP contribution in [0.4, 0.5) is 0 Å². The lowest BCUT2D eigenvalue weighted by Gasteiger charge is -2.26. The highest BCUT2D eigenvalue weighted by Crippen LogP contribution is 2.35. The van der Waals surface area contributed by atoms with Gasteiger partial charge in [0, 0.05) is 12.0 Å². The average Bonchev–Trinajstić information content (AvgIpc) is 2.42. The summed E-state index contributed by atoms with van der Waals surface area (Å²) in [4.78, 5) is 0. The molecule has 3 rings (SSSR count). The molecule has 1 atom stereocenters. The Morgan fingerprint density at radius 2 is 1.78 bits per heavy atom. The summed E-state index contributed by atoms with van der Waals surface area (Å²) >= 11 is 0. The fraction of sp³-hybridized carbons (Fsp3) is 0.529. The van der Waals surface area contributed by atoms with E-state index in [4.69, 9.17) is 5.73 Å². The summed E-state index contributed by atoms with van der Waals surface area (Å²) in [5.41, 5.74) is 10.8. The molecule has 1 saturated carbocycles. The second kappa shape index (κ2) is 5.27. The Labute approximate surface area is 110 Å². The second-order valence-electron chi connectivity index (χ2n) is 5.86. The molecule has 2 N–H and O–H groups in total. The zero-order valence-corrected chi connectivity index (χ0v) is 11.1. The standard InChI is InChI=1S/C17H23N/c18-16-10-8-13(9-11-16)12-15-6-3-5-14-4-1-2-7-17(14)15/h1-2,4,7,12,15-16H,3,5-6,8-11,18H2. The van der Waals surface area contributed by atoms with Crippen molar-refractivity contribution in [3.05, 3.63) is 47.0 Å². The first kappa shape index (κ1) is 12.0. The molecule has 0 aromatic heterocycles. The lowest BCUT2D eigenvalue weighted by Crippen LogP contribution is -2.23. The molecule has 1 aromatic carbocycles. The van der Waals surface area contributed by atoms with E-state index in [0.29, 0.717) is 12.0 Å². The van der Waals surface area contributed by atoms with Crippen molar-refractivity contribution in [3.63, 3.8) is 0 Å². The number of benzene rings is 1. The molecule has 0 heterocycles. The number of rotatable bonds is 1. The minimum atomic E-state index is 0.445. The molecule has 1 unspecified atom stereocenters. The summed E-state index contributed by atoms with van der Waals surface area (Å²) in [6, 6.07) is 9.43. The van der Waals surface area contributed by atoms with Crippen molar-refractivity contribution in [1.82, 2.24) is 0 Å². The Morgan fingerprint density at radius 1 is 1.00 bits per heavy atom. The largest absolute Gasteiger partial charge is 0.328 e. The summed E-state index contributed by atoms with van der Waals surface area (Å²) in [6.07, 6.45) is 11.3. The topological polar surface area (TPSA) is 26.0 Å². The van der Waals surface area contributed by atoms with Crippen molar-refractivity contribution >= 4 is 0 Å². The molecule has 1 heteroatoms. The van der Waals surface area contributed by atoms with Crippen molar-refractivity contribution in [2.45, 2.75) is 56.9 Å². The zero-order valence-electron chi connectivity index (χ0n) is 11.1. The maximum atomic E-state index is 5.98. The third kappa shape index (κ3) is 2.51. The monoisotopic (exact) mass is 241 g/mol. The highest BCUT2D eigenvalue weighted by Gasteiger charge is 2.20. The van der Waals surface area contributed by atoms with Crippen molar-refractivity contribution < 1.29 is 0 Å². The van der Waals surface area contributed by atoms with Gasteiger partial charge in [-0.1, -0.05) is 35.9 Å². The minimum Gasteiger partial charge on any atom is -0.328 e. The molecule has 0 saturated heterocycles. The van der Waals surface area contributed by atoms with E-state index < -0.39 is 0 Å². The van der Waals surface area contributed by atoms with E-state index in [1.165, 1.54) is 44.9 Å². The number of aryl methyl sites for hydroxylation is 1. The van der Waals surface area contributed by atoms with E-state index in [1.807, 2.05) is 0 Å². The number of fused-ring (bicyclic) bond motifs is 1. The van der Waals surface area contributed by atoms with Crippen LogP contribution in [-0.2, 0) is 6.42 Å². The van der Waals surface area contributed by atoms with Crippen molar-refractivity contribution in [2.24, 2.45) is 5.73 Å². The number of hydrogen-bond donors (Lipinski definition) is 1. The van der Waals surface area contributed by atoms with Crippen molar-refractivity contribution in [2.75, 3.05) is 0 Å². The Morgan fingerprint density at radius 3 is 2.61 bits per heavy atom. The first-order chi connectivity index (χ1) is 8.83.